The number of hydrogen-bond acceptors (Lipinski definition) is 1. The number of aliphatic hydroxyl groups excluding tert-OH is 1. The average Bonchev–Trinajstić information content (AvgIpc) is 2.34. The van der Waals surface area contributed by atoms with E-state index < -0.39 is 0 Å². The van der Waals surface area contributed by atoms with Gasteiger partial charge in [0.2, 0.25) is 0 Å². The van der Waals surface area contributed by atoms with Crippen LogP contribution >= 0.6 is 0 Å². The Balaban J connectivity index is 3.12. The number of allylic oxidation sites excluding steroid dienone is 3. The second kappa shape index (κ2) is 13.5. The Kier molecular flexibility index (Phi) is 13.1. The molecule has 0 heterocycles. The first-order valence-corrected chi connectivity index (χ1v) is 7.26. The molecule has 1 nitrogen and oxygen atoms in total. The maximum atomic E-state index is 9.66. The molecule has 17 heavy (non-hydrogen) atoms. The molecule has 1 unspecified atom stereocenters. The molecule has 1 heteroatoms. The zero-order valence-electron chi connectivity index (χ0n) is 11.5. The number of aliphatic hydroxyl groups is 1. The summed E-state index contributed by atoms with van der Waals surface area (Å²) < 4.78 is 0. The minimum atomic E-state index is -0.0505. The van der Waals surface area contributed by atoms with E-state index >= 15 is 0 Å². The number of unbranched alkanes of at least 4 members (excludes halogenated alkanes) is 6. The maximum absolute atomic E-state index is 9.66. The lowest BCUT2D eigenvalue weighted by Crippen LogP contribution is -2.05. The number of hydrogen-bond donors (Lipinski definition) is 1. The van der Waals surface area contributed by atoms with Gasteiger partial charge in [0, 0.05) is 0 Å². The Hall–Kier alpha value is -0.560. The fourth-order valence-corrected chi connectivity index (χ4v) is 1.95. The molecule has 1 atom stereocenters. The molecule has 0 radical (unpaired) electrons. The van der Waals surface area contributed by atoms with Gasteiger partial charge in [-0.2, -0.15) is 0 Å². The zero-order chi connectivity index (χ0) is 12.8. The van der Waals surface area contributed by atoms with Crippen molar-refractivity contribution in [2.75, 3.05) is 0 Å². The van der Waals surface area contributed by atoms with E-state index in [0.717, 1.165) is 19.3 Å². The third-order valence-electron chi connectivity index (χ3n) is 3.07. The smallest absolute Gasteiger partial charge is 0.0540 e. The molecule has 0 amide bonds. The van der Waals surface area contributed by atoms with Crippen molar-refractivity contribution >= 4 is 0 Å². The van der Waals surface area contributed by atoms with Crippen molar-refractivity contribution < 1.29 is 5.11 Å². The van der Waals surface area contributed by atoms with Gasteiger partial charge in [0.1, 0.15) is 0 Å². The summed E-state index contributed by atoms with van der Waals surface area (Å²) in [6.07, 6.45) is 17.9. The summed E-state index contributed by atoms with van der Waals surface area (Å²) in [6.45, 7) is 5.82. The van der Waals surface area contributed by atoms with Crippen LogP contribution in [0.5, 0.6) is 0 Å². The van der Waals surface area contributed by atoms with E-state index in [-0.39, 0.29) is 6.10 Å². The molecule has 100 valence electrons. The first-order chi connectivity index (χ1) is 8.31. The first kappa shape index (κ1) is 16.4. The largest absolute Gasteiger partial charge is 0.393 e. The van der Waals surface area contributed by atoms with Gasteiger partial charge >= 0.3 is 0 Å². The second-order valence-corrected chi connectivity index (χ2v) is 4.81. The minimum absolute atomic E-state index is 0.0505. The lowest BCUT2D eigenvalue weighted by Gasteiger charge is -2.09. The molecule has 0 aliphatic carbocycles. The van der Waals surface area contributed by atoms with Gasteiger partial charge < -0.3 is 5.11 Å². The van der Waals surface area contributed by atoms with Crippen molar-refractivity contribution in [1.82, 2.24) is 0 Å². The van der Waals surface area contributed by atoms with E-state index in [9.17, 15) is 5.11 Å². The van der Waals surface area contributed by atoms with Gasteiger partial charge in [0.05, 0.1) is 6.10 Å². The van der Waals surface area contributed by atoms with Crippen LogP contribution in [0.4, 0.5) is 0 Å². The van der Waals surface area contributed by atoms with E-state index in [2.05, 4.69) is 19.6 Å². The van der Waals surface area contributed by atoms with E-state index in [1.807, 2.05) is 12.2 Å². The maximum Gasteiger partial charge on any atom is 0.0540 e. The van der Waals surface area contributed by atoms with Crippen LogP contribution in [0.2, 0.25) is 0 Å². The van der Waals surface area contributed by atoms with Crippen LogP contribution in [0, 0.1) is 0 Å². The highest BCUT2D eigenvalue weighted by Gasteiger charge is 2.02. The second-order valence-electron chi connectivity index (χ2n) is 4.81. The van der Waals surface area contributed by atoms with Crippen LogP contribution < -0.4 is 0 Å². The van der Waals surface area contributed by atoms with Crippen LogP contribution in [0.1, 0.15) is 71.1 Å². The van der Waals surface area contributed by atoms with Crippen LogP contribution in [-0.2, 0) is 0 Å². The van der Waals surface area contributed by atoms with E-state index in [1.54, 1.807) is 0 Å². The molecule has 0 aliphatic rings. The molecule has 0 saturated heterocycles. The molecule has 0 saturated carbocycles. The van der Waals surface area contributed by atoms with Crippen LogP contribution in [0.3, 0.4) is 0 Å². The molecule has 0 aromatic carbocycles. The van der Waals surface area contributed by atoms with E-state index in [4.69, 9.17) is 0 Å². The highest BCUT2D eigenvalue weighted by atomic mass is 16.3. The highest BCUT2D eigenvalue weighted by molar-refractivity contribution is 4.96. The summed E-state index contributed by atoms with van der Waals surface area (Å²) in [4.78, 5) is 0. The fourth-order valence-electron chi connectivity index (χ4n) is 1.95. The Bertz CT molecular complexity index is 184. The van der Waals surface area contributed by atoms with Crippen molar-refractivity contribution in [3.63, 3.8) is 0 Å². The average molecular weight is 238 g/mol. The number of rotatable bonds is 12. The molecular formula is C16H30O. The summed E-state index contributed by atoms with van der Waals surface area (Å²) in [6, 6.07) is 0. The molecule has 0 rings (SSSR count). The molecule has 0 spiro atoms. The van der Waals surface area contributed by atoms with Crippen molar-refractivity contribution in [3.05, 3.63) is 24.8 Å². The van der Waals surface area contributed by atoms with Crippen LogP contribution in [0.25, 0.3) is 0 Å². The van der Waals surface area contributed by atoms with E-state index in [0.29, 0.717) is 0 Å². The topological polar surface area (TPSA) is 20.2 Å². The summed E-state index contributed by atoms with van der Waals surface area (Å²) in [7, 11) is 0. The summed E-state index contributed by atoms with van der Waals surface area (Å²) >= 11 is 0. The molecule has 1 N–H and O–H groups in total. The fraction of sp³-hybridized carbons (Fsp3) is 0.750. The summed E-state index contributed by atoms with van der Waals surface area (Å²) in [5.74, 6) is 0. The monoisotopic (exact) mass is 238 g/mol. The zero-order valence-corrected chi connectivity index (χ0v) is 11.5. The Morgan fingerprint density at radius 2 is 1.65 bits per heavy atom. The molecule has 0 fully saturated rings. The minimum Gasteiger partial charge on any atom is -0.393 e. The SMILES string of the molecule is C=CC=CCCCCCCCC(O)CCCC. The Labute approximate surface area is 108 Å². The van der Waals surface area contributed by atoms with Crippen molar-refractivity contribution in [2.24, 2.45) is 0 Å². The predicted octanol–water partition coefficient (Wildman–Crippen LogP) is 5.01. The van der Waals surface area contributed by atoms with Gasteiger partial charge in [0.25, 0.3) is 0 Å². The molecule has 0 aliphatic heterocycles. The van der Waals surface area contributed by atoms with Crippen molar-refractivity contribution in [3.8, 4) is 0 Å². The first-order valence-electron chi connectivity index (χ1n) is 7.26. The third kappa shape index (κ3) is 13.4. The molecule has 0 aromatic heterocycles. The quantitative estimate of drug-likeness (QED) is 0.374. The third-order valence-corrected chi connectivity index (χ3v) is 3.07. The van der Waals surface area contributed by atoms with Crippen molar-refractivity contribution in [1.29, 1.82) is 0 Å². The summed E-state index contributed by atoms with van der Waals surface area (Å²) in [5.41, 5.74) is 0. The lowest BCUT2D eigenvalue weighted by atomic mass is 10.0. The standard InChI is InChI=1S/C16H30O/c1-3-5-7-8-9-10-11-12-13-15-16(17)14-6-4-2/h3,5,7,16-17H,1,4,6,8-15H2,2H3. The molecular weight excluding hydrogens is 208 g/mol. The summed E-state index contributed by atoms with van der Waals surface area (Å²) in [5, 5.41) is 9.66. The van der Waals surface area contributed by atoms with Crippen LogP contribution in [0.15, 0.2) is 24.8 Å². The lowest BCUT2D eigenvalue weighted by molar-refractivity contribution is 0.148. The molecule has 0 bridgehead atoms. The normalized spacial score (nSPS) is 13.1. The Morgan fingerprint density at radius 3 is 2.35 bits per heavy atom. The van der Waals surface area contributed by atoms with Gasteiger partial charge in [0.15, 0.2) is 0 Å². The predicted molar refractivity (Wildman–Crippen MR) is 77.2 cm³/mol. The highest BCUT2D eigenvalue weighted by Crippen LogP contribution is 2.12. The van der Waals surface area contributed by atoms with Crippen molar-refractivity contribution in [2.45, 2.75) is 77.2 Å². The van der Waals surface area contributed by atoms with Gasteiger partial charge in [-0.05, 0) is 25.7 Å². The molecule has 0 aromatic rings. The van der Waals surface area contributed by atoms with E-state index in [1.165, 1.54) is 44.9 Å². The van der Waals surface area contributed by atoms with Crippen LogP contribution in [-0.4, -0.2) is 11.2 Å². The van der Waals surface area contributed by atoms with Gasteiger partial charge in [-0.3, -0.25) is 0 Å². The van der Waals surface area contributed by atoms with Gasteiger partial charge in [-0.15, -0.1) is 0 Å². The van der Waals surface area contributed by atoms with Gasteiger partial charge in [-0.25, -0.2) is 0 Å². The Morgan fingerprint density at radius 1 is 1.00 bits per heavy atom. The van der Waals surface area contributed by atoms with Gasteiger partial charge in [-0.1, -0.05) is 70.3 Å².